The van der Waals surface area contributed by atoms with Gasteiger partial charge in [0.15, 0.2) is 11.6 Å². The van der Waals surface area contributed by atoms with Crippen LogP contribution in [0, 0.1) is 5.82 Å². The van der Waals surface area contributed by atoms with Gasteiger partial charge in [-0.3, -0.25) is 0 Å². The van der Waals surface area contributed by atoms with Gasteiger partial charge < -0.3 is 15.4 Å². The van der Waals surface area contributed by atoms with Gasteiger partial charge in [0.2, 0.25) is 0 Å². The predicted octanol–water partition coefficient (Wildman–Crippen LogP) is 1.93. The highest BCUT2D eigenvalue weighted by atomic mass is 32.1. The first-order chi connectivity index (χ1) is 8.56. The van der Waals surface area contributed by atoms with E-state index in [0.717, 1.165) is 25.9 Å². The van der Waals surface area contributed by atoms with Crippen LogP contribution in [0.4, 0.5) is 4.39 Å². The molecule has 0 radical (unpaired) electrons. The molecule has 1 fully saturated rings. The molecule has 0 spiro atoms. The van der Waals surface area contributed by atoms with Crippen LogP contribution >= 0.6 is 12.2 Å². The summed E-state index contributed by atoms with van der Waals surface area (Å²) in [4.78, 5) is 2.44. The Labute approximate surface area is 112 Å². The summed E-state index contributed by atoms with van der Waals surface area (Å²) in [5.74, 6) is -0.121. The molecule has 98 valence electrons. The molecule has 1 aliphatic rings. The molecular weight excluding hydrogens is 251 g/mol. The molecular formula is C13H17FN2OS. The first kappa shape index (κ1) is 13.2. The first-order valence-electron chi connectivity index (χ1n) is 6.01. The van der Waals surface area contributed by atoms with Crippen molar-refractivity contribution in [2.24, 2.45) is 5.73 Å². The first-order valence-corrected chi connectivity index (χ1v) is 6.41. The van der Waals surface area contributed by atoms with E-state index in [4.69, 9.17) is 22.7 Å². The minimum Gasteiger partial charge on any atom is -0.487 e. The maximum atomic E-state index is 13.8. The van der Waals surface area contributed by atoms with Crippen LogP contribution in [0.2, 0.25) is 0 Å². The van der Waals surface area contributed by atoms with E-state index in [1.807, 2.05) is 0 Å². The summed E-state index contributed by atoms with van der Waals surface area (Å²) in [5, 5.41) is 0. The number of piperidine rings is 1. The molecule has 0 aliphatic carbocycles. The van der Waals surface area contributed by atoms with Gasteiger partial charge in [0.05, 0.1) is 0 Å². The van der Waals surface area contributed by atoms with Gasteiger partial charge >= 0.3 is 0 Å². The number of hydrogen-bond acceptors (Lipinski definition) is 3. The van der Waals surface area contributed by atoms with Crippen LogP contribution in [0.15, 0.2) is 18.2 Å². The number of nitrogens with zero attached hydrogens (tertiary/aromatic N) is 1. The number of nitrogens with two attached hydrogens (primary N) is 1. The van der Waals surface area contributed by atoms with Crippen molar-refractivity contribution in [1.29, 1.82) is 0 Å². The van der Waals surface area contributed by atoms with Gasteiger partial charge in [-0.15, -0.1) is 0 Å². The average Bonchev–Trinajstić information content (AvgIpc) is 2.34. The highest BCUT2D eigenvalue weighted by Gasteiger charge is 2.19. The molecule has 2 rings (SSSR count). The van der Waals surface area contributed by atoms with Crippen LogP contribution in [0.25, 0.3) is 0 Å². The zero-order valence-corrected chi connectivity index (χ0v) is 11.2. The van der Waals surface area contributed by atoms with Crippen molar-refractivity contribution < 1.29 is 9.13 Å². The summed E-state index contributed by atoms with van der Waals surface area (Å²) in [7, 11) is 2.08. The third kappa shape index (κ3) is 3.17. The van der Waals surface area contributed by atoms with Crippen molar-refractivity contribution in [1.82, 2.24) is 4.90 Å². The van der Waals surface area contributed by atoms with E-state index < -0.39 is 5.82 Å². The van der Waals surface area contributed by atoms with Gasteiger partial charge in [-0.2, -0.15) is 0 Å². The summed E-state index contributed by atoms with van der Waals surface area (Å²) < 4.78 is 19.5. The Balaban J connectivity index is 2.03. The van der Waals surface area contributed by atoms with Crippen molar-refractivity contribution in [2.75, 3.05) is 20.1 Å². The number of halogens is 1. The molecule has 1 saturated heterocycles. The Morgan fingerprint density at radius 3 is 2.67 bits per heavy atom. The van der Waals surface area contributed by atoms with Crippen LogP contribution in [-0.2, 0) is 0 Å². The smallest absolute Gasteiger partial charge is 0.165 e. The molecule has 1 heterocycles. The molecule has 2 N–H and O–H groups in total. The lowest BCUT2D eigenvalue weighted by molar-refractivity contribution is 0.110. The van der Waals surface area contributed by atoms with Crippen LogP contribution in [0.3, 0.4) is 0 Å². The number of hydrogen-bond donors (Lipinski definition) is 1. The Hall–Kier alpha value is -1.20. The second kappa shape index (κ2) is 5.63. The van der Waals surface area contributed by atoms with Crippen molar-refractivity contribution in [3.8, 4) is 5.75 Å². The number of thiocarbonyl (C=S) groups is 1. The van der Waals surface area contributed by atoms with E-state index in [1.165, 1.54) is 6.07 Å². The van der Waals surface area contributed by atoms with Gasteiger partial charge in [-0.05, 0) is 38.1 Å². The standard InChI is InChI=1S/C13H17FN2OS/c1-16-6-4-10(5-7-16)17-12-3-2-9(13(15)18)8-11(12)14/h2-3,8,10H,4-7H2,1H3,(H2,15,18). The Morgan fingerprint density at radius 1 is 1.44 bits per heavy atom. The fraction of sp³-hybridized carbons (Fsp3) is 0.462. The number of ether oxygens (including phenoxy) is 1. The zero-order valence-electron chi connectivity index (χ0n) is 10.4. The van der Waals surface area contributed by atoms with Crippen LogP contribution < -0.4 is 10.5 Å². The highest BCUT2D eigenvalue weighted by molar-refractivity contribution is 7.80. The van der Waals surface area contributed by atoms with Crippen molar-refractivity contribution in [3.63, 3.8) is 0 Å². The van der Waals surface area contributed by atoms with Gasteiger partial charge in [0, 0.05) is 18.7 Å². The van der Waals surface area contributed by atoms with Gasteiger partial charge in [-0.25, -0.2) is 4.39 Å². The van der Waals surface area contributed by atoms with Crippen molar-refractivity contribution in [2.45, 2.75) is 18.9 Å². The predicted molar refractivity (Wildman–Crippen MR) is 73.4 cm³/mol. The molecule has 3 nitrogen and oxygen atoms in total. The molecule has 1 aromatic rings. The molecule has 0 amide bonds. The fourth-order valence-electron chi connectivity index (χ4n) is 2.03. The van der Waals surface area contributed by atoms with E-state index in [2.05, 4.69) is 11.9 Å². The second-order valence-corrected chi connectivity index (χ2v) is 5.07. The molecule has 0 saturated carbocycles. The molecule has 1 aromatic carbocycles. The van der Waals surface area contributed by atoms with Crippen molar-refractivity contribution in [3.05, 3.63) is 29.6 Å². The summed E-state index contributed by atoms with van der Waals surface area (Å²) in [6, 6.07) is 4.62. The third-order valence-corrected chi connectivity index (χ3v) is 3.41. The van der Waals surface area contributed by atoms with Crippen LogP contribution in [0.1, 0.15) is 18.4 Å². The molecule has 0 bridgehead atoms. The minimum atomic E-state index is -0.403. The number of benzene rings is 1. The van der Waals surface area contributed by atoms with Crippen LogP contribution in [-0.4, -0.2) is 36.1 Å². The van der Waals surface area contributed by atoms with E-state index in [-0.39, 0.29) is 16.8 Å². The molecule has 0 aromatic heterocycles. The SMILES string of the molecule is CN1CCC(Oc2ccc(C(N)=S)cc2F)CC1. The topological polar surface area (TPSA) is 38.5 Å². The number of rotatable bonds is 3. The van der Waals surface area contributed by atoms with Crippen LogP contribution in [0.5, 0.6) is 5.75 Å². The Bertz CT molecular complexity index is 445. The molecule has 0 unspecified atom stereocenters. The van der Waals surface area contributed by atoms with E-state index in [0.29, 0.717) is 5.56 Å². The minimum absolute atomic E-state index is 0.0892. The summed E-state index contributed by atoms with van der Waals surface area (Å²) >= 11 is 4.80. The summed E-state index contributed by atoms with van der Waals surface area (Å²) in [6.45, 7) is 1.97. The van der Waals surface area contributed by atoms with Gasteiger partial charge in [0.1, 0.15) is 11.1 Å². The highest BCUT2D eigenvalue weighted by Crippen LogP contribution is 2.22. The summed E-state index contributed by atoms with van der Waals surface area (Å²) in [6.07, 6.45) is 1.94. The Kier molecular flexibility index (Phi) is 4.14. The average molecular weight is 268 g/mol. The van der Waals surface area contributed by atoms with Gasteiger partial charge in [0.25, 0.3) is 0 Å². The summed E-state index contributed by atoms with van der Waals surface area (Å²) in [5.41, 5.74) is 5.98. The second-order valence-electron chi connectivity index (χ2n) is 4.63. The van der Waals surface area contributed by atoms with Gasteiger partial charge in [-0.1, -0.05) is 12.2 Å². The maximum absolute atomic E-state index is 13.8. The monoisotopic (exact) mass is 268 g/mol. The van der Waals surface area contributed by atoms with E-state index >= 15 is 0 Å². The Morgan fingerprint density at radius 2 is 2.11 bits per heavy atom. The number of likely N-dealkylation sites (tertiary alicyclic amines) is 1. The van der Waals surface area contributed by atoms with E-state index in [1.54, 1.807) is 12.1 Å². The van der Waals surface area contributed by atoms with E-state index in [9.17, 15) is 4.39 Å². The maximum Gasteiger partial charge on any atom is 0.165 e. The molecule has 5 heteroatoms. The largest absolute Gasteiger partial charge is 0.487 e. The quantitative estimate of drug-likeness (QED) is 0.850. The lowest BCUT2D eigenvalue weighted by Gasteiger charge is -2.29. The van der Waals surface area contributed by atoms with Crippen molar-refractivity contribution >= 4 is 17.2 Å². The molecule has 0 atom stereocenters. The molecule has 1 aliphatic heterocycles. The third-order valence-electron chi connectivity index (χ3n) is 3.18. The zero-order chi connectivity index (χ0) is 13.1. The molecule has 18 heavy (non-hydrogen) atoms. The fourth-order valence-corrected chi connectivity index (χ4v) is 2.16. The lowest BCUT2D eigenvalue weighted by atomic mass is 10.1. The lowest BCUT2D eigenvalue weighted by Crippen LogP contribution is -2.35. The normalized spacial score (nSPS) is 17.7.